The summed E-state index contributed by atoms with van der Waals surface area (Å²) in [7, 11) is 0. The fraction of sp³-hybridized carbons (Fsp3) is 0.526. The van der Waals surface area contributed by atoms with E-state index in [0.717, 1.165) is 25.7 Å². The summed E-state index contributed by atoms with van der Waals surface area (Å²) in [5.74, 6) is 0.158. The quantitative estimate of drug-likeness (QED) is 0.629. The number of Topliss-reactive ketones (excluding diaryl/α,β-unsaturated/α-hetero) is 1. The van der Waals surface area contributed by atoms with E-state index in [2.05, 4.69) is 0 Å². The van der Waals surface area contributed by atoms with Gasteiger partial charge in [0, 0.05) is 12.0 Å². The maximum Gasteiger partial charge on any atom is 0.235 e. The minimum absolute atomic E-state index is 0.0243. The van der Waals surface area contributed by atoms with Gasteiger partial charge in [0.1, 0.15) is 18.5 Å². The Kier molecular flexibility index (Phi) is 4.90. The van der Waals surface area contributed by atoms with Crippen molar-refractivity contribution in [3.8, 4) is 5.75 Å². The van der Waals surface area contributed by atoms with Crippen LogP contribution in [0.4, 0.5) is 0 Å². The number of likely N-dealkylation sites (tertiary alicyclic amines) is 1. The van der Waals surface area contributed by atoms with E-state index < -0.39 is 11.5 Å². The summed E-state index contributed by atoms with van der Waals surface area (Å²) in [6, 6.07) is 6.62. The lowest BCUT2D eigenvalue weighted by molar-refractivity contribution is -0.143. The van der Waals surface area contributed by atoms with Crippen LogP contribution in [0, 0.1) is 5.41 Å². The van der Waals surface area contributed by atoms with E-state index in [0.29, 0.717) is 11.3 Å². The van der Waals surface area contributed by atoms with Crippen molar-refractivity contribution >= 4 is 17.6 Å². The van der Waals surface area contributed by atoms with Gasteiger partial charge in [0.25, 0.3) is 0 Å². The van der Waals surface area contributed by atoms with Crippen molar-refractivity contribution in [2.45, 2.75) is 45.1 Å². The van der Waals surface area contributed by atoms with Gasteiger partial charge in [0.2, 0.25) is 11.8 Å². The van der Waals surface area contributed by atoms with Crippen LogP contribution in [0.15, 0.2) is 24.3 Å². The third kappa shape index (κ3) is 3.58. The summed E-state index contributed by atoms with van der Waals surface area (Å²) in [5.41, 5.74) is 0.0724. The summed E-state index contributed by atoms with van der Waals surface area (Å²) in [4.78, 5) is 37.2. The molecule has 25 heavy (non-hydrogen) atoms. The third-order valence-corrected chi connectivity index (χ3v) is 5.15. The van der Waals surface area contributed by atoms with E-state index in [1.165, 1.54) is 11.8 Å². The molecule has 1 aliphatic heterocycles. The zero-order valence-electron chi connectivity index (χ0n) is 14.4. The molecular weight excluding hydrogens is 322 g/mol. The van der Waals surface area contributed by atoms with Crippen molar-refractivity contribution in [2.75, 3.05) is 13.2 Å². The summed E-state index contributed by atoms with van der Waals surface area (Å²) in [6.07, 6.45) is 2.82. The maximum absolute atomic E-state index is 12.6. The molecule has 2 fully saturated rings. The first-order valence-corrected chi connectivity index (χ1v) is 8.68. The molecule has 1 heterocycles. The second-order valence-electron chi connectivity index (χ2n) is 7.02. The van der Waals surface area contributed by atoms with Gasteiger partial charge >= 0.3 is 0 Å². The summed E-state index contributed by atoms with van der Waals surface area (Å²) in [6.45, 7) is 1.43. The van der Waals surface area contributed by atoms with Crippen molar-refractivity contribution in [1.29, 1.82) is 0 Å². The molecule has 0 bridgehead atoms. The van der Waals surface area contributed by atoms with Crippen molar-refractivity contribution in [2.24, 2.45) is 5.41 Å². The first kappa shape index (κ1) is 17.6. The normalized spacial score (nSPS) is 20.3. The van der Waals surface area contributed by atoms with E-state index in [-0.39, 0.29) is 37.2 Å². The van der Waals surface area contributed by atoms with E-state index in [1.54, 1.807) is 24.3 Å². The van der Waals surface area contributed by atoms with Gasteiger partial charge in [-0.05, 0) is 44.0 Å². The van der Waals surface area contributed by atoms with Crippen LogP contribution in [0.5, 0.6) is 5.75 Å². The van der Waals surface area contributed by atoms with Gasteiger partial charge in [0.05, 0.1) is 12.0 Å². The Morgan fingerprint density at radius 3 is 2.48 bits per heavy atom. The number of hydrogen-bond acceptors (Lipinski definition) is 5. The summed E-state index contributed by atoms with van der Waals surface area (Å²) in [5, 5.41) is 10.2. The summed E-state index contributed by atoms with van der Waals surface area (Å²) < 4.78 is 5.49. The Labute approximate surface area is 146 Å². The van der Waals surface area contributed by atoms with Gasteiger partial charge in [-0.25, -0.2) is 0 Å². The topological polar surface area (TPSA) is 83.9 Å². The molecule has 1 saturated carbocycles. The van der Waals surface area contributed by atoms with Gasteiger partial charge in [-0.2, -0.15) is 0 Å². The number of amides is 2. The minimum Gasteiger partial charge on any atom is -0.491 e. The number of β-amino-alcohol motifs (C(OH)–C–C–N with tert-alkyl or cyclic N) is 1. The van der Waals surface area contributed by atoms with Gasteiger partial charge in [-0.15, -0.1) is 0 Å². The lowest BCUT2D eigenvalue weighted by atomic mass is 9.84. The van der Waals surface area contributed by atoms with Crippen LogP contribution >= 0.6 is 0 Å². The van der Waals surface area contributed by atoms with Crippen molar-refractivity contribution < 1.29 is 24.2 Å². The highest BCUT2D eigenvalue weighted by molar-refractivity contribution is 6.06. The first-order valence-electron chi connectivity index (χ1n) is 8.68. The Morgan fingerprint density at radius 2 is 1.88 bits per heavy atom. The number of carbonyl (C=O) groups excluding carboxylic acids is 3. The van der Waals surface area contributed by atoms with E-state index in [4.69, 9.17) is 4.74 Å². The Hall–Kier alpha value is -2.21. The fourth-order valence-electron chi connectivity index (χ4n) is 3.73. The smallest absolute Gasteiger partial charge is 0.235 e. The molecule has 0 unspecified atom stereocenters. The maximum atomic E-state index is 12.6. The Bertz CT molecular complexity index is 676. The number of aliphatic hydroxyl groups is 1. The minimum atomic E-state index is -0.947. The zero-order valence-corrected chi connectivity index (χ0v) is 14.4. The van der Waals surface area contributed by atoms with Crippen LogP contribution < -0.4 is 4.74 Å². The molecule has 1 aromatic carbocycles. The van der Waals surface area contributed by atoms with Crippen LogP contribution in [0.25, 0.3) is 0 Å². The van der Waals surface area contributed by atoms with Crippen LogP contribution in [0.2, 0.25) is 0 Å². The van der Waals surface area contributed by atoms with Gasteiger partial charge < -0.3 is 9.84 Å². The number of benzene rings is 1. The van der Waals surface area contributed by atoms with Crippen molar-refractivity contribution in [3.05, 3.63) is 29.8 Å². The Balaban J connectivity index is 1.54. The molecule has 2 aliphatic rings. The number of rotatable bonds is 6. The highest BCUT2D eigenvalue weighted by Crippen LogP contribution is 2.46. The average Bonchev–Trinajstić information content (AvgIpc) is 3.14. The van der Waals surface area contributed by atoms with Gasteiger partial charge in [-0.3, -0.25) is 19.3 Å². The lowest BCUT2D eigenvalue weighted by Crippen LogP contribution is -2.41. The number of hydrogen-bond donors (Lipinski definition) is 1. The molecule has 134 valence electrons. The highest BCUT2D eigenvalue weighted by Gasteiger charge is 2.52. The molecule has 0 aromatic heterocycles. The molecule has 2 amide bonds. The van der Waals surface area contributed by atoms with Crippen LogP contribution in [-0.4, -0.2) is 46.9 Å². The number of ether oxygens (including phenoxy) is 1. The highest BCUT2D eigenvalue weighted by atomic mass is 16.5. The van der Waals surface area contributed by atoms with E-state index in [1.807, 2.05) is 0 Å². The predicted molar refractivity (Wildman–Crippen MR) is 90.2 cm³/mol. The zero-order chi connectivity index (χ0) is 18.0. The Morgan fingerprint density at radius 1 is 1.24 bits per heavy atom. The largest absolute Gasteiger partial charge is 0.491 e. The molecule has 1 aliphatic carbocycles. The third-order valence-electron chi connectivity index (χ3n) is 5.15. The van der Waals surface area contributed by atoms with E-state index in [9.17, 15) is 19.5 Å². The predicted octanol–water partition coefficient (Wildman–Crippen LogP) is 1.95. The SMILES string of the molecule is CC(=O)c1ccc(OC[C@@H](O)CN2C(=O)CC3(CCCC3)C2=O)cc1. The average molecular weight is 345 g/mol. The number of ketones is 1. The van der Waals surface area contributed by atoms with Gasteiger partial charge in [-0.1, -0.05) is 12.8 Å². The molecule has 3 rings (SSSR count). The fourth-order valence-corrected chi connectivity index (χ4v) is 3.73. The number of imide groups is 1. The molecule has 1 saturated heterocycles. The second-order valence-corrected chi connectivity index (χ2v) is 7.02. The molecule has 0 radical (unpaired) electrons. The van der Waals surface area contributed by atoms with Crippen LogP contribution in [0.3, 0.4) is 0 Å². The van der Waals surface area contributed by atoms with Crippen LogP contribution in [-0.2, 0) is 9.59 Å². The first-order chi connectivity index (χ1) is 11.9. The number of carbonyl (C=O) groups is 3. The standard InChI is InChI=1S/C19H23NO5/c1-13(21)14-4-6-16(7-5-14)25-12-15(22)11-20-17(23)10-19(18(20)24)8-2-3-9-19/h4-7,15,22H,2-3,8-12H2,1H3/t15-/m0/s1. The molecule has 6 nitrogen and oxygen atoms in total. The molecule has 1 atom stereocenters. The van der Waals surface area contributed by atoms with Crippen molar-refractivity contribution in [1.82, 2.24) is 4.90 Å². The van der Waals surface area contributed by atoms with Crippen LogP contribution in [0.1, 0.15) is 49.4 Å². The molecule has 1 N–H and O–H groups in total. The van der Waals surface area contributed by atoms with E-state index >= 15 is 0 Å². The monoisotopic (exact) mass is 345 g/mol. The second kappa shape index (κ2) is 6.96. The van der Waals surface area contributed by atoms with Crippen molar-refractivity contribution in [3.63, 3.8) is 0 Å². The molecule has 1 spiro atoms. The molecule has 6 heteroatoms. The molecule has 1 aromatic rings. The van der Waals surface area contributed by atoms with Gasteiger partial charge in [0.15, 0.2) is 5.78 Å². The number of nitrogens with zero attached hydrogens (tertiary/aromatic N) is 1. The summed E-state index contributed by atoms with van der Waals surface area (Å²) >= 11 is 0. The molecular formula is C19H23NO5. The lowest BCUT2D eigenvalue weighted by Gasteiger charge is -2.23. The number of aliphatic hydroxyl groups excluding tert-OH is 1.